The molecule has 0 spiro atoms. The average Bonchev–Trinajstić information content (AvgIpc) is 2.26. The van der Waals surface area contributed by atoms with Crippen molar-refractivity contribution in [3.63, 3.8) is 0 Å². The van der Waals surface area contributed by atoms with Crippen molar-refractivity contribution in [2.75, 3.05) is 7.11 Å². The van der Waals surface area contributed by atoms with Gasteiger partial charge in [0.25, 0.3) is 5.69 Å². The van der Waals surface area contributed by atoms with Gasteiger partial charge in [-0.25, -0.2) is 4.79 Å². The minimum atomic E-state index is -1.29. The lowest BCUT2D eigenvalue weighted by Crippen LogP contribution is -2.23. The number of nitrogens with zero attached hydrogens (tertiary/aromatic N) is 1. The monoisotopic (exact) mass is 262 g/mol. The Balaban J connectivity index is 0.00000256. The number of esters is 1. The van der Waals surface area contributed by atoms with Gasteiger partial charge in [0.2, 0.25) is 0 Å². The number of halogens is 1. The maximum atomic E-state index is 11.1. The smallest absolute Gasteiger partial charge is 0.327 e. The molecule has 1 aromatic carbocycles. The van der Waals surface area contributed by atoms with Crippen LogP contribution in [0.4, 0.5) is 5.69 Å². The number of carbonyl (C=O) groups excluding carboxylic acids is 1. The van der Waals surface area contributed by atoms with Crippen molar-refractivity contribution in [1.29, 1.82) is 0 Å². The summed E-state index contributed by atoms with van der Waals surface area (Å²) in [5.41, 5.74) is 5.04. The molecule has 0 radical (unpaired) electrons. The first kappa shape index (κ1) is 15.1. The van der Waals surface area contributed by atoms with E-state index in [0.29, 0.717) is 0 Å². The molecule has 0 heterocycles. The van der Waals surface area contributed by atoms with Crippen molar-refractivity contribution in [2.45, 2.75) is 6.04 Å². The number of nitro benzene ring substituents is 1. The fraction of sp³-hybridized carbons (Fsp3) is 0.222. The number of phenols is 1. The first-order chi connectivity index (χ1) is 7.47. The first-order valence-corrected chi connectivity index (χ1v) is 4.28. The summed E-state index contributed by atoms with van der Waals surface area (Å²) in [6.45, 7) is 0. The van der Waals surface area contributed by atoms with Crippen molar-refractivity contribution in [2.24, 2.45) is 5.73 Å². The molecule has 17 heavy (non-hydrogen) atoms. The maximum absolute atomic E-state index is 11.1. The van der Waals surface area contributed by atoms with Gasteiger partial charge in [-0.2, -0.15) is 0 Å². The van der Waals surface area contributed by atoms with Crippen molar-refractivity contribution in [3.8, 4) is 5.75 Å². The second-order valence-corrected chi connectivity index (χ2v) is 3.00. The fourth-order valence-corrected chi connectivity index (χ4v) is 1.21. The Morgan fingerprint density at radius 3 is 2.65 bits per heavy atom. The molecule has 94 valence electrons. The molecule has 3 N–H and O–H groups in total. The van der Waals surface area contributed by atoms with Crippen LogP contribution < -0.4 is 5.73 Å². The molecular formula is C9H11ClN2O5. The second-order valence-electron chi connectivity index (χ2n) is 3.00. The zero-order chi connectivity index (χ0) is 12.3. The SMILES string of the molecule is COC(=O)[C@@H](N)c1cc(O)ccc1[N+](=O)[O-].Cl. The number of phenolic OH excluding ortho intramolecular Hbond substituents is 1. The summed E-state index contributed by atoms with van der Waals surface area (Å²) in [7, 11) is 1.12. The van der Waals surface area contributed by atoms with Crippen LogP contribution in [-0.2, 0) is 9.53 Å². The van der Waals surface area contributed by atoms with Crippen LogP contribution in [0, 0.1) is 10.1 Å². The van der Waals surface area contributed by atoms with Crippen molar-refractivity contribution >= 4 is 24.1 Å². The molecule has 0 aliphatic carbocycles. The lowest BCUT2D eigenvalue weighted by atomic mass is 10.1. The molecule has 0 bridgehead atoms. The highest BCUT2D eigenvalue weighted by Crippen LogP contribution is 2.28. The summed E-state index contributed by atoms with van der Waals surface area (Å²) in [6, 6.07) is 2.00. The number of hydrogen-bond acceptors (Lipinski definition) is 6. The van der Waals surface area contributed by atoms with Gasteiger partial charge in [0.15, 0.2) is 0 Å². The van der Waals surface area contributed by atoms with Gasteiger partial charge in [-0.05, 0) is 12.1 Å². The van der Waals surface area contributed by atoms with Gasteiger partial charge in [-0.3, -0.25) is 10.1 Å². The standard InChI is InChI=1S/C9H10N2O5.ClH/c1-16-9(13)8(10)6-4-5(12)2-3-7(6)11(14)15;/h2-4,8,12H,10H2,1H3;1H/t8-;/m0./s1. The topological polar surface area (TPSA) is 116 Å². The third-order valence-corrected chi connectivity index (χ3v) is 2.00. The molecule has 0 unspecified atom stereocenters. The lowest BCUT2D eigenvalue weighted by molar-refractivity contribution is -0.385. The lowest BCUT2D eigenvalue weighted by Gasteiger charge is -2.10. The van der Waals surface area contributed by atoms with Gasteiger partial charge in [0.05, 0.1) is 17.6 Å². The van der Waals surface area contributed by atoms with E-state index in [2.05, 4.69) is 4.74 Å². The molecule has 0 aliphatic heterocycles. The van der Waals surface area contributed by atoms with Crippen LogP contribution in [-0.4, -0.2) is 23.1 Å². The number of rotatable bonds is 3. The Bertz CT molecular complexity index is 437. The number of aromatic hydroxyl groups is 1. The van der Waals surface area contributed by atoms with E-state index in [1.807, 2.05) is 0 Å². The Kier molecular flexibility index (Phi) is 5.36. The van der Waals surface area contributed by atoms with Crippen molar-refractivity contribution < 1.29 is 19.6 Å². The van der Waals surface area contributed by atoms with E-state index < -0.39 is 16.9 Å². The second kappa shape index (κ2) is 6.02. The summed E-state index contributed by atoms with van der Waals surface area (Å²) in [4.78, 5) is 21.1. The summed E-state index contributed by atoms with van der Waals surface area (Å²) in [6.07, 6.45) is 0. The molecule has 1 aromatic rings. The van der Waals surface area contributed by atoms with Crippen LogP contribution in [0.5, 0.6) is 5.75 Å². The predicted molar refractivity (Wildman–Crippen MR) is 61.0 cm³/mol. The van der Waals surface area contributed by atoms with E-state index in [0.717, 1.165) is 25.3 Å². The van der Waals surface area contributed by atoms with Crippen molar-refractivity contribution in [1.82, 2.24) is 0 Å². The Labute approximate surface area is 103 Å². The highest BCUT2D eigenvalue weighted by molar-refractivity contribution is 5.85. The largest absolute Gasteiger partial charge is 0.508 e. The summed E-state index contributed by atoms with van der Waals surface area (Å²) >= 11 is 0. The van der Waals surface area contributed by atoms with Gasteiger partial charge in [-0.15, -0.1) is 12.4 Å². The van der Waals surface area contributed by atoms with Crippen LogP contribution in [0.3, 0.4) is 0 Å². The van der Waals surface area contributed by atoms with Crippen LogP contribution >= 0.6 is 12.4 Å². The molecule has 0 aromatic heterocycles. The third kappa shape index (κ3) is 3.30. The minimum Gasteiger partial charge on any atom is -0.508 e. The molecule has 8 heteroatoms. The number of hydrogen-bond donors (Lipinski definition) is 2. The van der Waals surface area contributed by atoms with E-state index in [9.17, 15) is 20.0 Å². The molecule has 0 amide bonds. The van der Waals surface area contributed by atoms with Gasteiger partial charge in [0.1, 0.15) is 11.8 Å². The third-order valence-electron chi connectivity index (χ3n) is 2.00. The van der Waals surface area contributed by atoms with E-state index >= 15 is 0 Å². The van der Waals surface area contributed by atoms with Crippen LogP contribution in [0.2, 0.25) is 0 Å². The summed E-state index contributed by atoms with van der Waals surface area (Å²) in [5, 5.41) is 19.9. The Hall–Kier alpha value is -1.86. The van der Waals surface area contributed by atoms with E-state index in [-0.39, 0.29) is 29.4 Å². The number of benzene rings is 1. The summed E-state index contributed by atoms with van der Waals surface area (Å²) in [5.74, 6) is -1.02. The van der Waals surface area contributed by atoms with E-state index in [1.165, 1.54) is 0 Å². The van der Waals surface area contributed by atoms with E-state index in [4.69, 9.17) is 5.73 Å². The number of carbonyl (C=O) groups is 1. The zero-order valence-corrected chi connectivity index (χ0v) is 9.64. The van der Waals surface area contributed by atoms with Gasteiger partial charge >= 0.3 is 5.97 Å². The molecule has 7 nitrogen and oxygen atoms in total. The zero-order valence-electron chi connectivity index (χ0n) is 8.82. The highest BCUT2D eigenvalue weighted by Gasteiger charge is 2.25. The molecule has 1 atom stereocenters. The quantitative estimate of drug-likeness (QED) is 0.475. The molecule has 0 fully saturated rings. The molecular weight excluding hydrogens is 252 g/mol. The maximum Gasteiger partial charge on any atom is 0.327 e. The molecule has 1 rings (SSSR count). The van der Waals surface area contributed by atoms with Gasteiger partial charge in [-0.1, -0.05) is 0 Å². The Morgan fingerprint density at radius 2 is 2.18 bits per heavy atom. The normalized spacial score (nSPS) is 11.2. The number of nitrogens with two attached hydrogens (primary N) is 1. The number of nitro groups is 1. The van der Waals surface area contributed by atoms with E-state index in [1.54, 1.807) is 0 Å². The average molecular weight is 263 g/mol. The minimum absolute atomic E-state index is 0. The van der Waals surface area contributed by atoms with Crippen molar-refractivity contribution in [3.05, 3.63) is 33.9 Å². The highest BCUT2D eigenvalue weighted by atomic mass is 35.5. The van der Waals surface area contributed by atoms with Crippen LogP contribution in [0.25, 0.3) is 0 Å². The predicted octanol–water partition coefficient (Wildman–Crippen LogP) is 0.895. The number of ether oxygens (including phenoxy) is 1. The summed E-state index contributed by atoms with van der Waals surface area (Å²) < 4.78 is 4.37. The van der Waals surface area contributed by atoms with Crippen LogP contribution in [0.1, 0.15) is 11.6 Å². The Morgan fingerprint density at radius 1 is 1.59 bits per heavy atom. The molecule has 0 saturated carbocycles. The fourth-order valence-electron chi connectivity index (χ4n) is 1.21. The molecule has 0 saturated heterocycles. The van der Waals surface area contributed by atoms with Gasteiger partial charge < -0.3 is 15.6 Å². The molecule has 0 aliphatic rings. The number of methoxy groups -OCH3 is 1. The van der Waals surface area contributed by atoms with Crippen LogP contribution in [0.15, 0.2) is 18.2 Å². The van der Waals surface area contributed by atoms with Gasteiger partial charge in [0, 0.05) is 6.07 Å². The first-order valence-electron chi connectivity index (χ1n) is 4.28.